The SMILES string of the molecule is CCN(C(=O)c1cc(Cl)c(Cl)[nH]1)C1CCNC1. The molecule has 1 saturated heterocycles. The number of nitrogens with one attached hydrogen (secondary N) is 2. The summed E-state index contributed by atoms with van der Waals surface area (Å²) in [4.78, 5) is 16.9. The highest BCUT2D eigenvalue weighted by atomic mass is 35.5. The molecule has 1 fully saturated rings. The minimum absolute atomic E-state index is 0.0463. The molecule has 0 bridgehead atoms. The molecule has 6 heteroatoms. The summed E-state index contributed by atoms with van der Waals surface area (Å²) in [6.45, 7) is 4.46. The number of carbonyl (C=O) groups excluding carboxylic acids is 1. The Balaban J connectivity index is 2.16. The zero-order valence-corrected chi connectivity index (χ0v) is 11.1. The molecule has 1 aromatic heterocycles. The lowest BCUT2D eigenvalue weighted by molar-refractivity contribution is 0.0698. The van der Waals surface area contributed by atoms with Gasteiger partial charge in [0, 0.05) is 19.1 Å². The molecular weight excluding hydrogens is 261 g/mol. The summed E-state index contributed by atoms with van der Waals surface area (Å²) in [6.07, 6.45) is 0.988. The van der Waals surface area contributed by atoms with E-state index >= 15 is 0 Å². The second kappa shape index (κ2) is 5.29. The highest BCUT2D eigenvalue weighted by molar-refractivity contribution is 6.41. The summed E-state index contributed by atoms with van der Waals surface area (Å²) < 4.78 is 0. The van der Waals surface area contributed by atoms with Gasteiger partial charge in [-0.25, -0.2) is 0 Å². The molecule has 94 valence electrons. The predicted molar refractivity (Wildman–Crippen MR) is 68.8 cm³/mol. The number of aromatic amines is 1. The number of halogens is 2. The Morgan fingerprint density at radius 2 is 2.35 bits per heavy atom. The average molecular weight is 276 g/mol. The van der Waals surface area contributed by atoms with E-state index in [1.54, 1.807) is 6.07 Å². The van der Waals surface area contributed by atoms with Crippen LogP contribution in [-0.4, -0.2) is 41.5 Å². The first-order valence-electron chi connectivity index (χ1n) is 5.69. The van der Waals surface area contributed by atoms with Crippen LogP contribution in [0.15, 0.2) is 6.07 Å². The van der Waals surface area contributed by atoms with Crippen molar-refractivity contribution in [1.82, 2.24) is 15.2 Å². The minimum atomic E-state index is -0.0463. The number of carbonyl (C=O) groups is 1. The smallest absolute Gasteiger partial charge is 0.270 e. The van der Waals surface area contributed by atoms with E-state index < -0.39 is 0 Å². The Hall–Kier alpha value is -0.710. The second-order valence-electron chi connectivity index (χ2n) is 4.08. The van der Waals surface area contributed by atoms with E-state index in [1.807, 2.05) is 11.8 Å². The maximum absolute atomic E-state index is 12.3. The fourth-order valence-corrected chi connectivity index (χ4v) is 2.46. The van der Waals surface area contributed by atoms with Gasteiger partial charge in [-0.3, -0.25) is 4.79 Å². The summed E-state index contributed by atoms with van der Waals surface area (Å²) in [5.41, 5.74) is 0.453. The van der Waals surface area contributed by atoms with Gasteiger partial charge in [0.1, 0.15) is 10.8 Å². The van der Waals surface area contributed by atoms with E-state index in [2.05, 4.69) is 10.3 Å². The van der Waals surface area contributed by atoms with Crippen molar-refractivity contribution in [3.63, 3.8) is 0 Å². The number of hydrogen-bond acceptors (Lipinski definition) is 2. The van der Waals surface area contributed by atoms with Crippen LogP contribution < -0.4 is 5.32 Å². The second-order valence-corrected chi connectivity index (χ2v) is 4.87. The number of rotatable bonds is 3. The molecule has 1 aromatic rings. The van der Waals surface area contributed by atoms with Crippen molar-refractivity contribution in [1.29, 1.82) is 0 Å². The third-order valence-electron chi connectivity index (χ3n) is 3.03. The van der Waals surface area contributed by atoms with E-state index in [4.69, 9.17) is 23.2 Å². The van der Waals surface area contributed by atoms with Gasteiger partial charge < -0.3 is 15.2 Å². The van der Waals surface area contributed by atoms with Gasteiger partial charge in [-0.2, -0.15) is 0 Å². The maximum atomic E-state index is 12.3. The first kappa shape index (κ1) is 12.7. The van der Waals surface area contributed by atoms with E-state index in [1.165, 1.54) is 0 Å². The predicted octanol–water partition coefficient (Wildman–Crippen LogP) is 2.15. The van der Waals surface area contributed by atoms with Gasteiger partial charge in [-0.1, -0.05) is 23.2 Å². The van der Waals surface area contributed by atoms with Crippen LogP contribution in [0.4, 0.5) is 0 Å². The Morgan fingerprint density at radius 3 is 2.82 bits per heavy atom. The van der Waals surface area contributed by atoms with E-state index in [9.17, 15) is 4.79 Å². The molecule has 0 saturated carbocycles. The van der Waals surface area contributed by atoms with Gasteiger partial charge >= 0.3 is 0 Å². The lowest BCUT2D eigenvalue weighted by Crippen LogP contribution is -2.41. The summed E-state index contributed by atoms with van der Waals surface area (Å²) in [7, 11) is 0. The van der Waals surface area contributed by atoms with Crippen LogP contribution in [0.1, 0.15) is 23.8 Å². The average Bonchev–Trinajstić information content (AvgIpc) is 2.91. The van der Waals surface area contributed by atoms with E-state index in [-0.39, 0.29) is 11.9 Å². The Morgan fingerprint density at radius 1 is 1.59 bits per heavy atom. The van der Waals surface area contributed by atoms with E-state index in [0.717, 1.165) is 19.5 Å². The zero-order valence-electron chi connectivity index (χ0n) is 9.59. The molecule has 4 nitrogen and oxygen atoms in total. The standard InChI is InChI=1S/C11H15Cl2N3O/c1-2-16(7-3-4-14-6-7)11(17)9-5-8(12)10(13)15-9/h5,7,14-15H,2-4,6H2,1H3. The molecule has 2 N–H and O–H groups in total. The molecule has 0 aromatic carbocycles. The normalized spacial score (nSPS) is 19.6. The Bertz CT molecular complexity index is 393. The summed E-state index contributed by atoms with van der Waals surface area (Å²) in [5, 5.41) is 3.95. The lowest BCUT2D eigenvalue weighted by atomic mass is 10.2. The highest BCUT2D eigenvalue weighted by Crippen LogP contribution is 2.23. The fourth-order valence-electron chi connectivity index (χ4n) is 2.15. The van der Waals surface area contributed by atoms with Crippen molar-refractivity contribution in [2.45, 2.75) is 19.4 Å². The molecule has 17 heavy (non-hydrogen) atoms. The quantitative estimate of drug-likeness (QED) is 0.888. The van der Waals surface area contributed by atoms with Crippen LogP contribution in [0.5, 0.6) is 0 Å². The molecule has 1 atom stereocenters. The number of H-pyrrole nitrogens is 1. The topological polar surface area (TPSA) is 48.1 Å². The van der Waals surface area contributed by atoms with Gasteiger partial charge in [-0.05, 0) is 26.0 Å². The van der Waals surface area contributed by atoms with Crippen molar-refractivity contribution in [3.05, 3.63) is 21.9 Å². The number of amides is 1. The van der Waals surface area contributed by atoms with Crippen LogP contribution in [-0.2, 0) is 0 Å². The molecule has 1 unspecified atom stereocenters. The molecule has 0 spiro atoms. The van der Waals surface area contributed by atoms with Crippen molar-refractivity contribution in [3.8, 4) is 0 Å². The first-order valence-corrected chi connectivity index (χ1v) is 6.44. The molecule has 1 amide bonds. The van der Waals surface area contributed by atoms with Crippen LogP contribution in [0.3, 0.4) is 0 Å². The fraction of sp³-hybridized carbons (Fsp3) is 0.545. The third kappa shape index (κ3) is 2.59. The van der Waals surface area contributed by atoms with Gasteiger partial charge in [0.25, 0.3) is 5.91 Å². The van der Waals surface area contributed by atoms with Crippen molar-refractivity contribution in [2.75, 3.05) is 19.6 Å². The molecule has 0 aliphatic carbocycles. The van der Waals surface area contributed by atoms with Gasteiger partial charge in [0.2, 0.25) is 0 Å². The molecule has 2 heterocycles. The van der Waals surface area contributed by atoms with Crippen LogP contribution in [0.25, 0.3) is 0 Å². The van der Waals surface area contributed by atoms with E-state index in [0.29, 0.717) is 22.4 Å². The van der Waals surface area contributed by atoms with Crippen molar-refractivity contribution >= 4 is 29.1 Å². The molecule has 0 radical (unpaired) electrons. The molecule has 1 aliphatic heterocycles. The van der Waals surface area contributed by atoms with Crippen LogP contribution >= 0.6 is 23.2 Å². The number of likely N-dealkylation sites (N-methyl/N-ethyl adjacent to an activating group) is 1. The minimum Gasteiger partial charge on any atom is -0.340 e. The zero-order chi connectivity index (χ0) is 12.4. The van der Waals surface area contributed by atoms with Gasteiger partial charge in [0.05, 0.1) is 5.02 Å². The monoisotopic (exact) mass is 275 g/mol. The highest BCUT2D eigenvalue weighted by Gasteiger charge is 2.27. The summed E-state index contributed by atoms with van der Waals surface area (Å²) in [5.74, 6) is -0.0463. The van der Waals surface area contributed by atoms with Gasteiger partial charge in [0.15, 0.2) is 0 Å². The number of hydrogen-bond donors (Lipinski definition) is 2. The van der Waals surface area contributed by atoms with Gasteiger partial charge in [-0.15, -0.1) is 0 Å². The van der Waals surface area contributed by atoms with Crippen molar-refractivity contribution in [2.24, 2.45) is 0 Å². The number of aromatic nitrogens is 1. The number of nitrogens with zero attached hydrogens (tertiary/aromatic N) is 1. The molecular formula is C11H15Cl2N3O. The first-order chi connectivity index (χ1) is 8.13. The third-order valence-corrected chi connectivity index (χ3v) is 3.73. The summed E-state index contributed by atoms with van der Waals surface area (Å²) in [6, 6.07) is 1.84. The lowest BCUT2D eigenvalue weighted by Gasteiger charge is -2.26. The Labute approximate surface area is 110 Å². The Kier molecular flexibility index (Phi) is 3.97. The summed E-state index contributed by atoms with van der Waals surface area (Å²) >= 11 is 11.6. The maximum Gasteiger partial charge on any atom is 0.270 e. The molecule has 1 aliphatic rings. The van der Waals surface area contributed by atoms with Crippen LogP contribution in [0.2, 0.25) is 10.2 Å². The largest absolute Gasteiger partial charge is 0.340 e. The van der Waals surface area contributed by atoms with Crippen molar-refractivity contribution < 1.29 is 4.79 Å². The van der Waals surface area contributed by atoms with Crippen LogP contribution in [0, 0.1) is 0 Å². The molecule has 2 rings (SSSR count).